The molecular weight excluding hydrogens is 807 g/mol. The van der Waals surface area contributed by atoms with Gasteiger partial charge in [-0.1, -0.05) is 93.8 Å². The van der Waals surface area contributed by atoms with Crippen LogP contribution < -0.4 is 15.4 Å². The van der Waals surface area contributed by atoms with Crippen molar-refractivity contribution in [1.82, 2.24) is 15.7 Å². The van der Waals surface area contributed by atoms with E-state index in [1.807, 2.05) is 67.6 Å². The number of rotatable bonds is 26. The van der Waals surface area contributed by atoms with E-state index < -0.39 is 47.1 Å². The Labute approximate surface area is 369 Å². The summed E-state index contributed by atoms with van der Waals surface area (Å²) in [5.74, 6) is -3.95. The average Bonchev–Trinajstić information content (AvgIpc) is 3.77. The van der Waals surface area contributed by atoms with Crippen molar-refractivity contribution < 1.29 is 52.2 Å². The van der Waals surface area contributed by atoms with Crippen LogP contribution in [0.5, 0.6) is 5.75 Å². The summed E-state index contributed by atoms with van der Waals surface area (Å²) in [6.07, 6.45) is 3.48. The summed E-state index contributed by atoms with van der Waals surface area (Å²) in [5, 5.41) is 6.68. The summed E-state index contributed by atoms with van der Waals surface area (Å²) in [6.45, 7) is 11.1. The van der Waals surface area contributed by atoms with E-state index in [2.05, 4.69) is 17.6 Å². The number of carbonyl (C=O) groups excluding carboxylic acids is 6. The van der Waals surface area contributed by atoms with Crippen LogP contribution >= 0.6 is 0 Å². The smallest absolute Gasteiger partial charge is 0.310 e. The lowest BCUT2D eigenvalue weighted by Gasteiger charge is -2.32. The highest BCUT2D eigenvalue weighted by Gasteiger charge is 2.33. The molecule has 0 bridgehead atoms. The van der Waals surface area contributed by atoms with E-state index in [0.29, 0.717) is 30.6 Å². The highest BCUT2D eigenvalue weighted by Crippen LogP contribution is 2.30. The molecule has 14 nitrogen and oxygen atoms in total. The molecule has 4 rings (SSSR count). The Morgan fingerprint density at radius 3 is 2.11 bits per heavy atom. The van der Waals surface area contributed by atoms with Gasteiger partial charge in [-0.15, -0.1) is 0 Å². The van der Waals surface area contributed by atoms with Gasteiger partial charge in [-0.2, -0.15) is 0 Å². The molecule has 63 heavy (non-hydrogen) atoms. The molecule has 4 aromatic rings. The second-order valence-electron chi connectivity index (χ2n) is 16.1. The summed E-state index contributed by atoms with van der Waals surface area (Å²) in [5.41, 5.74) is 1.39. The zero-order chi connectivity index (χ0) is 45.8. The third-order valence-electron chi connectivity index (χ3n) is 9.99. The SMILES string of the molecule is CCCCC[C@@H](C(=O)NCNC(=O)c1ccc(-c2cc(OCC)cc(C(=O)C[C@@H](CC(=O)OCc3ccccc3)C(=O)OC(C)(C)C)c2)o1)[C@@H](CC)N(C=O)OCc1ccccc1. The Balaban J connectivity index is 1.44. The molecule has 0 spiro atoms. The quantitative estimate of drug-likeness (QED) is 0.0155. The van der Waals surface area contributed by atoms with E-state index in [9.17, 15) is 28.8 Å². The molecule has 0 aliphatic rings. The molecule has 0 fully saturated rings. The lowest BCUT2D eigenvalue weighted by molar-refractivity contribution is -0.200. The number of benzene rings is 3. The number of hydrogen-bond acceptors (Lipinski definition) is 11. The minimum Gasteiger partial charge on any atom is -0.494 e. The lowest BCUT2D eigenvalue weighted by Crippen LogP contribution is -2.48. The average molecular weight is 868 g/mol. The fourth-order valence-electron chi connectivity index (χ4n) is 6.84. The van der Waals surface area contributed by atoms with E-state index in [1.54, 1.807) is 45.9 Å². The fraction of sp³-hybridized carbons (Fsp3) is 0.429. The van der Waals surface area contributed by atoms with Crippen molar-refractivity contribution in [3.8, 4) is 17.1 Å². The van der Waals surface area contributed by atoms with Gasteiger partial charge in [0.25, 0.3) is 5.91 Å². The Morgan fingerprint density at radius 2 is 1.49 bits per heavy atom. The molecule has 3 amide bonds. The number of carbonyl (C=O) groups is 6. The lowest BCUT2D eigenvalue weighted by atomic mass is 9.90. The monoisotopic (exact) mass is 867 g/mol. The Morgan fingerprint density at radius 1 is 0.810 bits per heavy atom. The predicted molar refractivity (Wildman–Crippen MR) is 236 cm³/mol. The van der Waals surface area contributed by atoms with Crippen molar-refractivity contribution in [1.29, 1.82) is 0 Å². The number of hydrogen-bond donors (Lipinski definition) is 2. The number of ketones is 1. The van der Waals surface area contributed by atoms with E-state index in [1.165, 1.54) is 17.2 Å². The third kappa shape index (κ3) is 16.2. The molecule has 0 radical (unpaired) electrons. The summed E-state index contributed by atoms with van der Waals surface area (Å²) in [4.78, 5) is 85.1. The van der Waals surface area contributed by atoms with Crippen LogP contribution in [0.2, 0.25) is 0 Å². The highest BCUT2D eigenvalue weighted by molar-refractivity contribution is 6.00. The van der Waals surface area contributed by atoms with E-state index in [0.717, 1.165) is 30.4 Å². The number of hydroxylamine groups is 2. The van der Waals surface area contributed by atoms with E-state index >= 15 is 0 Å². The number of Topliss-reactive ketones (excluding diaryl/α,β-unsaturated/α-hetero) is 1. The topological polar surface area (TPSA) is 180 Å². The number of ether oxygens (including phenoxy) is 3. The first kappa shape index (κ1) is 49.4. The first-order valence-electron chi connectivity index (χ1n) is 21.5. The minimum atomic E-state index is -1.13. The van der Waals surface area contributed by atoms with Gasteiger partial charge in [0.05, 0.1) is 37.6 Å². The van der Waals surface area contributed by atoms with Crippen molar-refractivity contribution in [2.24, 2.45) is 11.8 Å². The maximum absolute atomic E-state index is 13.9. The maximum atomic E-state index is 13.9. The molecule has 1 heterocycles. The van der Waals surface area contributed by atoms with Gasteiger partial charge in [-0.05, 0) is 82.0 Å². The molecule has 2 N–H and O–H groups in total. The van der Waals surface area contributed by atoms with Gasteiger partial charge in [0.1, 0.15) is 30.3 Å². The molecule has 338 valence electrons. The summed E-state index contributed by atoms with van der Waals surface area (Å²) in [6, 6.07) is 25.8. The maximum Gasteiger partial charge on any atom is 0.310 e. The summed E-state index contributed by atoms with van der Waals surface area (Å²) >= 11 is 0. The van der Waals surface area contributed by atoms with Crippen molar-refractivity contribution in [2.75, 3.05) is 13.3 Å². The molecule has 0 saturated heterocycles. The Hall–Kier alpha value is -6.28. The summed E-state index contributed by atoms with van der Waals surface area (Å²) < 4.78 is 22.7. The van der Waals surface area contributed by atoms with Gasteiger partial charge >= 0.3 is 11.9 Å². The van der Waals surface area contributed by atoms with Crippen LogP contribution in [0, 0.1) is 11.8 Å². The number of nitrogens with zero attached hydrogens (tertiary/aromatic N) is 1. The van der Waals surface area contributed by atoms with Crippen LogP contribution in [-0.2, 0) is 46.7 Å². The Bertz CT molecular complexity index is 2100. The third-order valence-corrected chi connectivity index (χ3v) is 9.99. The number of unbranched alkanes of at least 4 members (excludes halogenated alkanes) is 2. The van der Waals surface area contributed by atoms with Crippen molar-refractivity contribution in [3.05, 3.63) is 113 Å². The fourth-order valence-corrected chi connectivity index (χ4v) is 6.84. The molecule has 14 heteroatoms. The van der Waals surface area contributed by atoms with Crippen molar-refractivity contribution >= 4 is 35.9 Å². The number of amides is 3. The van der Waals surface area contributed by atoms with Crippen LogP contribution in [0.3, 0.4) is 0 Å². The van der Waals surface area contributed by atoms with Crippen LogP contribution in [-0.4, -0.2) is 65.9 Å². The zero-order valence-corrected chi connectivity index (χ0v) is 37.2. The normalized spacial score (nSPS) is 12.6. The van der Waals surface area contributed by atoms with Gasteiger partial charge in [-0.3, -0.25) is 33.6 Å². The molecule has 3 aromatic carbocycles. The first-order valence-corrected chi connectivity index (χ1v) is 21.5. The zero-order valence-electron chi connectivity index (χ0n) is 37.2. The van der Waals surface area contributed by atoms with Gasteiger partial charge < -0.3 is 29.3 Å². The number of nitrogens with one attached hydrogen (secondary N) is 2. The molecule has 0 aliphatic heterocycles. The Kier molecular flexibility index (Phi) is 19.6. The van der Waals surface area contributed by atoms with Gasteiger partial charge in [0, 0.05) is 17.5 Å². The largest absolute Gasteiger partial charge is 0.494 e. The predicted octanol–water partition coefficient (Wildman–Crippen LogP) is 8.38. The molecular formula is C49H61N3O11. The second-order valence-corrected chi connectivity index (χ2v) is 16.1. The van der Waals surface area contributed by atoms with Crippen molar-refractivity contribution in [2.45, 2.75) is 111 Å². The van der Waals surface area contributed by atoms with Crippen LogP contribution in [0.25, 0.3) is 11.3 Å². The van der Waals surface area contributed by atoms with E-state index in [4.69, 9.17) is 23.5 Å². The molecule has 0 saturated carbocycles. The van der Waals surface area contributed by atoms with E-state index in [-0.39, 0.29) is 62.3 Å². The molecule has 0 aliphatic carbocycles. The highest BCUT2D eigenvalue weighted by atomic mass is 16.7. The number of furan rings is 1. The molecule has 1 aromatic heterocycles. The van der Waals surface area contributed by atoms with Crippen LogP contribution in [0.15, 0.2) is 95.4 Å². The van der Waals surface area contributed by atoms with Gasteiger partial charge in [-0.25, -0.2) is 5.06 Å². The van der Waals surface area contributed by atoms with Gasteiger partial charge in [0.15, 0.2) is 11.5 Å². The first-order chi connectivity index (χ1) is 30.2. The van der Waals surface area contributed by atoms with Crippen LogP contribution in [0.4, 0.5) is 0 Å². The van der Waals surface area contributed by atoms with Crippen molar-refractivity contribution in [3.63, 3.8) is 0 Å². The second kappa shape index (κ2) is 25.0. The summed E-state index contributed by atoms with van der Waals surface area (Å²) in [7, 11) is 0. The minimum absolute atomic E-state index is 0.0122. The standard InChI is InChI=1S/C49H61N3O11/c1-7-10-13-22-40(41(8-2)52(33-53)61-31-35-20-16-12-17-21-35)46(56)50-32-51-47(57)44-24-23-43(62-44)37-25-36(26-39(27-37)59-9-3)42(54)28-38(48(58)63-49(4,5)6)29-45(55)60-30-34-18-14-11-15-19-34/h11-12,14-21,23-27,33,38,40-41H,7-10,13,22,28-32H2,1-6H3,(H,50,56)(H,51,57)/t38-,40+,41+/m0/s1. The number of esters is 2. The molecule has 3 atom stereocenters. The van der Waals surface area contributed by atoms with Crippen LogP contribution in [0.1, 0.15) is 119 Å². The van der Waals surface area contributed by atoms with Gasteiger partial charge in [0.2, 0.25) is 12.3 Å². The molecule has 0 unspecified atom stereocenters.